The SMILES string of the molecule is COc1cccc(CN(C)C(=O)c2cc(COc3ccc(-n4cncn4)cc3)on2)c1. The molecule has 2 aromatic carbocycles. The molecule has 2 heterocycles. The molecule has 0 radical (unpaired) electrons. The van der Waals surface area contributed by atoms with E-state index in [4.69, 9.17) is 14.0 Å². The van der Waals surface area contributed by atoms with Gasteiger partial charge < -0.3 is 18.9 Å². The van der Waals surface area contributed by atoms with E-state index in [2.05, 4.69) is 15.2 Å². The first-order valence-electron chi connectivity index (χ1n) is 9.54. The molecule has 0 saturated heterocycles. The van der Waals surface area contributed by atoms with Crippen LogP contribution in [-0.4, -0.2) is 44.9 Å². The van der Waals surface area contributed by atoms with Crippen LogP contribution in [0, 0.1) is 0 Å². The number of amides is 1. The molecule has 2 aromatic heterocycles. The monoisotopic (exact) mass is 419 g/mol. The molecule has 0 aliphatic carbocycles. The van der Waals surface area contributed by atoms with Gasteiger partial charge in [-0.1, -0.05) is 17.3 Å². The Morgan fingerprint density at radius 2 is 1.97 bits per heavy atom. The number of hydrogen-bond donors (Lipinski definition) is 0. The number of nitrogens with zero attached hydrogens (tertiary/aromatic N) is 5. The predicted octanol–water partition coefficient (Wildman–Crippen LogP) is 3.12. The molecule has 158 valence electrons. The van der Waals surface area contributed by atoms with Crippen LogP contribution in [0.4, 0.5) is 0 Å². The van der Waals surface area contributed by atoms with E-state index in [9.17, 15) is 4.79 Å². The quantitative estimate of drug-likeness (QED) is 0.433. The average molecular weight is 419 g/mol. The lowest BCUT2D eigenvalue weighted by atomic mass is 10.2. The summed E-state index contributed by atoms with van der Waals surface area (Å²) in [7, 11) is 3.32. The maximum absolute atomic E-state index is 12.7. The molecular weight excluding hydrogens is 398 g/mol. The Morgan fingerprint density at radius 1 is 1.13 bits per heavy atom. The van der Waals surface area contributed by atoms with Crippen LogP contribution >= 0.6 is 0 Å². The van der Waals surface area contributed by atoms with Crippen molar-refractivity contribution in [3.8, 4) is 17.2 Å². The van der Waals surface area contributed by atoms with Gasteiger partial charge in [-0.15, -0.1) is 0 Å². The minimum absolute atomic E-state index is 0.155. The number of methoxy groups -OCH3 is 1. The number of carbonyl (C=O) groups is 1. The van der Waals surface area contributed by atoms with Crippen molar-refractivity contribution in [1.29, 1.82) is 0 Å². The molecule has 0 N–H and O–H groups in total. The standard InChI is InChI=1S/C22H21N5O4/c1-26(12-16-4-3-5-19(10-16)29-2)22(28)21-11-20(31-25-21)13-30-18-8-6-17(7-9-18)27-15-23-14-24-27/h3-11,14-15H,12-13H2,1-2H3. The van der Waals surface area contributed by atoms with Gasteiger partial charge in [-0.3, -0.25) is 4.79 Å². The summed E-state index contributed by atoms with van der Waals surface area (Å²) in [5.41, 5.74) is 2.05. The van der Waals surface area contributed by atoms with Crippen LogP contribution in [0.1, 0.15) is 21.8 Å². The van der Waals surface area contributed by atoms with Crippen molar-refractivity contribution in [1.82, 2.24) is 24.8 Å². The minimum Gasteiger partial charge on any atom is -0.497 e. The van der Waals surface area contributed by atoms with Crippen LogP contribution < -0.4 is 9.47 Å². The topological polar surface area (TPSA) is 95.5 Å². The van der Waals surface area contributed by atoms with E-state index in [-0.39, 0.29) is 18.2 Å². The molecule has 9 nitrogen and oxygen atoms in total. The molecule has 4 aromatic rings. The van der Waals surface area contributed by atoms with Crippen molar-refractivity contribution >= 4 is 5.91 Å². The molecule has 0 bridgehead atoms. The van der Waals surface area contributed by atoms with Crippen LogP contribution in [0.3, 0.4) is 0 Å². The summed E-state index contributed by atoms with van der Waals surface area (Å²) in [6, 6.07) is 16.5. The summed E-state index contributed by atoms with van der Waals surface area (Å²) < 4.78 is 17.9. The van der Waals surface area contributed by atoms with Gasteiger partial charge in [-0.25, -0.2) is 9.67 Å². The zero-order valence-corrected chi connectivity index (χ0v) is 17.1. The number of rotatable bonds is 8. The Morgan fingerprint density at radius 3 is 2.71 bits per heavy atom. The van der Waals surface area contributed by atoms with E-state index in [0.29, 0.717) is 18.1 Å². The molecule has 31 heavy (non-hydrogen) atoms. The van der Waals surface area contributed by atoms with E-state index in [1.807, 2.05) is 48.5 Å². The third-order valence-electron chi connectivity index (χ3n) is 4.58. The zero-order valence-electron chi connectivity index (χ0n) is 17.1. The molecule has 0 atom stereocenters. The van der Waals surface area contributed by atoms with Crippen LogP contribution in [0.15, 0.2) is 71.8 Å². The number of ether oxygens (including phenoxy) is 2. The van der Waals surface area contributed by atoms with Crippen LogP contribution in [0.25, 0.3) is 5.69 Å². The Bertz CT molecular complexity index is 1140. The van der Waals surface area contributed by atoms with Gasteiger partial charge in [0.05, 0.1) is 12.8 Å². The highest BCUT2D eigenvalue weighted by atomic mass is 16.5. The summed E-state index contributed by atoms with van der Waals surface area (Å²) in [5, 5.41) is 7.96. The summed E-state index contributed by atoms with van der Waals surface area (Å²) >= 11 is 0. The van der Waals surface area contributed by atoms with Gasteiger partial charge in [0.1, 0.15) is 30.8 Å². The fourth-order valence-corrected chi connectivity index (χ4v) is 2.98. The maximum atomic E-state index is 12.7. The molecule has 0 unspecified atom stereocenters. The second-order valence-electron chi connectivity index (χ2n) is 6.81. The summed E-state index contributed by atoms with van der Waals surface area (Å²) in [6.07, 6.45) is 3.09. The fourth-order valence-electron chi connectivity index (χ4n) is 2.98. The van der Waals surface area contributed by atoms with Gasteiger partial charge in [-0.2, -0.15) is 5.10 Å². The highest BCUT2D eigenvalue weighted by molar-refractivity contribution is 5.92. The summed E-state index contributed by atoms with van der Waals surface area (Å²) in [6.45, 7) is 0.579. The molecule has 0 spiro atoms. The van der Waals surface area contributed by atoms with Crippen molar-refractivity contribution in [3.63, 3.8) is 0 Å². The second-order valence-corrected chi connectivity index (χ2v) is 6.81. The normalized spacial score (nSPS) is 10.6. The third-order valence-corrected chi connectivity index (χ3v) is 4.58. The summed E-state index contributed by atoms with van der Waals surface area (Å²) in [5.74, 6) is 1.62. The first-order valence-corrected chi connectivity index (χ1v) is 9.54. The molecule has 9 heteroatoms. The second kappa shape index (κ2) is 9.12. The Labute approximate surface area is 178 Å². The molecule has 0 saturated carbocycles. The lowest BCUT2D eigenvalue weighted by Crippen LogP contribution is -2.26. The molecule has 0 aliphatic heterocycles. The van der Waals surface area contributed by atoms with Crippen LogP contribution in [-0.2, 0) is 13.2 Å². The van der Waals surface area contributed by atoms with Crippen molar-refractivity contribution in [2.75, 3.05) is 14.2 Å². The van der Waals surface area contributed by atoms with Gasteiger partial charge in [0.25, 0.3) is 5.91 Å². The van der Waals surface area contributed by atoms with Gasteiger partial charge in [0.15, 0.2) is 11.5 Å². The van der Waals surface area contributed by atoms with Gasteiger partial charge in [0.2, 0.25) is 0 Å². The minimum atomic E-state index is -0.241. The van der Waals surface area contributed by atoms with Crippen molar-refractivity contribution < 1.29 is 18.8 Å². The van der Waals surface area contributed by atoms with E-state index in [0.717, 1.165) is 17.0 Å². The van der Waals surface area contributed by atoms with Crippen molar-refractivity contribution in [2.45, 2.75) is 13.2 Å². The maximum Gasteiger partial charge on any atom is 0.276 e. The van der Waals surface area contributed by atoms with Crippen LogP contribution in [0.2, 0.25) is 0 Å². The highest BCUT2D eigenvalue weighted by Crippen LogP contribution is 2.18. The highest BCUT2D eigenvalue weighted by Gasteiger charge is 2.17. The van der Waals surface area contributed by atoms with E-state index >= 15 is 0 Å². The number of aromatic nitrogens is 4. The first-order chi connectivity index (χ1) is 15.1. The lowest BCUT2D eigenvalue weighted by Gasteiger charge is -2.16. The number of benzene rings is 2. The third kappa shape index (κ3) is 4.89. The van der Waals surface area contributed by atoms with Crippen molar-refractivity contribution in [2.24, 2.45) is 0 Å². The number of carbonyl (C=O) groups excluding carboxylic acids is 1. The van der Waals surface area contributed by atoms with E-state index in [1.165, 1.54) is 6.33 Å². The number of hydrogen-bond acceptors (Lipinski definition) is 7. The Hall–Kier alpha value is -4.14. The average Bonchev–Trinajstić information content (AvgIpc) is 3.50. The molecule has 0 aliphatic rings. The van der Waals surface area contributed by atoms with Crippen molar-refractivity contribution in [3.05, 3.63) is 84.3 Å². The largest absolute Gasteiger partial charge is 0.497 e. The smallest absolute Gasteiger partial charge is 0.276 e. The summed E-state index contributed by atoms with van der Waals surface area (Å²) in [4.78, 5) is 18.2. The van der Waals surface area contributed by atoms with Gasteiger partial charge in [0, 0.05) is 19.7 Å². The van der Waals surface area contributed by atoms with Gasteiger partial charge >= 0.3 is 0 Å². The molecule has 1 amide bonds. The molecule has 4 rings (SSSR count). The predicted molar refractivity (Wildman–Crippen MR) is 111 cm³/mol. The fraction of sp³-hybridized carbons (Fsp3) is 0.182. The Kier molecular flexibility index (Phi) is 5.93. The van der Waals surface area contributed by atoms with Gasteiger partial charge in [-0.05, 0) is 42.0 Å². The van der Waals surface area contributed by atoms with Crippen LogP contribution in [0.5, 0.6) is 11.5 Å². The van der Waals surface area contributed by atoms with E-state index < -0.39 is 0 Å². The van der Waals surface area contributed by atoms with E-state index in [1.54, 1.807) is 36.1 Å². The molecule has 0 fully saturated rings. The first kappa shape index (κ1) is 20.1. The lowest BCUT2D eigenvalue weighted by molar-refractivity contribution is 0.0774. The molecular formula is C22H21N5O4. The Balaban J connectivity index is 1.33. The zero-order chi connectivity index (χ0) is 21.6.